The quantitative estimate of drug-likeness (QED) is 0.806. The Morgan fingerprint density at radius 1 is 1.38 bits per heavy atom. The highest BCUT2D eigenvalue weighted by molar-refractivity contribution is 5.38. The van der Waals surface area contributed by atoms with Crippen molar-refractivity contribution in [3.63, 3.8) is 0 Å². The number of likely N-dealkylation sites (N-methyl/N-ethyl adjacent to an activating group) is 1. The van der Waals surface area contributed by atoms with E-state index in [0.717, 1.165) is 37.6 Å². The smallest absolute Gasteiger partial charge is 0.203 e. The lowest BCUT2D eigenvalue weighted by Gasteiger charge is -2.17. The van der Waals surface area contributed by atoms with E-state index in [0.29, 0.717) is 12.3 Å². The lowest BCUT2D eigenvalue weighted by Crippen LogP contribution is -2.27. The molecule has 0 radical (unpaired) electrons. The second-order valence-electron chi connectivity index (χ2n) is 4.75. The minimum atomic E-state index is 0.335. The van der Waals surface area contributed by atoms with Crippen LogP contribution in [0, 0.1) is 11.3 Å². The standard InChI is InChI=1S/C15H21N5O/c1-3-19(4-2)7-8-20-12-13(10-18-20)17-11-15-6-5-14(9-16)21-15/h5-6,10,12,17H,3-4,7-8,11H2,1-2H3. The highest BCUT2D eigenvalue weighted by Gasteiger charge is 2.04. The summed E-state index contributed by atoms with van der Waals surface area (Å²) in [5.74, 6) is 1.07. The van der Waals surface area contributed by atoms with Gasteiger partial charge in [-0.3, -0.25) is 4.68 Å². The van der Waals surface area contributed by atoms with Crippen LogP contribution < -0.4 is 5.32 Å². The molecule has 0 aliphatic heterocycles. The monoisotopic (exact) mass is 287 g/mol. The number of aromatic nitrogens is 2. The average Bonchev–Trinajstić information content (AvgIpc) is 3.15. The van der Waals surface area contributed by atoms with Gasteiger partial charge >= 0.3 is 0 Å². The number of furan rings is 1. The van der Waals surface area contributed by atoms with Gasteiger partial charge in [-0.15, -0.1) is 0 Å². The van der Waals surface area contributed by atoms with Crippen molar-refractivity contribution in [3.8, 4) is 6.07 Å². The summed E-state index contributed by atoms with van der Waals surface area (Å²) in [4.78, 5) is 2.36. The first-order valence-corrected chi connectivity index (χ1v) is 7.22. The number of hydrogen-bond donors (Lipinski definition) is 1. The summed E-state index contributed by atoms with van der Waals surface area (Å²) in [6, 6.07) is 5.45. The second kappa shape index (κ2) is 7.50. The van der Waals surface area contributed by atoms with Crippen LogP contribution in [0.3, 0.4) is 0 Å². The molecule has 1 N–H and O–H groups in total. The van der Waals surface area contributed by atoms with Crippen molar-refractivity contribution in [2.75, 3.05) is 25.0 Å². The van der Waals surface area contributed by atoms with Gasteiger partial charge in [0.05, 0.1) is 25.0 Å². The molecule has 0 amide bonds. The normalized spacial score (nSPS) is 10.8. The molecule has 112 valence electrons. The molecule has 0 unspecified atom stereocenters. The molecule has 0 aliphatic rings. The Hall–Kier alpha value is -2.26. The molecular weight excluding hydrogens is 266 g/mol. The Labute approximate surface area is 125 Å². The molecule has 2 heterocycles. The molecule has 0 spiro atoms. The van der Waals surface area contributed by atoms with Gasteiger partial charge < -0.3 is 14.6 Å². The van der Waals surface area contributed by atoms with Crippen LogP contribution in [0.4, 0.5) is 5.69 Å². The highest BCUT2D eigenvalue weighted by Crippen LogP contribution is 2.11. The maximum atomic E-state index is 8.70. The molecule has 6 nitrogen and oxygen atoms in total. The summed E-state index contributed by atoms with van der Waals surface area (Å²) in [6.07, 6.45) is 3.79. The van der Waals surface area contributed by atoms with Crippen LogP contribution in [-0.4, -0.2) is 34.3 Å². The molecule has 2 aromatic heterocycles. The fourth-order valence-electron chi connectivity index (χ4n) is 2.08. The van der Waals surface area contributed by atoms with Gasteiger partial charge in [0.25, 0.3) is 0 Å². The molecule has 2 aromatic rings. The Bertz CT molecular complexity index is 591. The van der Waals surface area contributed by atoms with Gasteiger partial charge in [0, 0.05) is 12.7 Å². The zero-order valence-corrected chi connectivity index (χ0v) is 12.5. The maximum absolute atomic E-state index is 8.70. The third-order valence-corrected chi connectivity index (χ3v) is 3.41. The van der Waals surface area contributed by atoms with Crippen LogP contribution in [0.15, 0.2) is 28.9 Å². The first-order valence-electron chi connectivity index (χ1n) is 7.22. The van der Waals surface area contributed by atoms with Gasteiger partial charge in [0.2, 0.25) is 5.76 Å². The summed E-state index contributed by atoms with van der Waals surface area (Å²) in [7, 11) is 0. The Morgan fingerprint density at radius 3 is 2.86 bits per heavy atom. The number of anilines is 1. The molecule has 0 aliphatic carbocycles. The van der Waals surface area contributed by atoms with E-state index in [2.05, 4.69) is 29.2 Å². The van der Waals surface area contributed by atoms with E-state index in [9.17, 15) is 0 Å². The Kier molecular flexibility index (Phi) is 5.41. The van der Waals surface area contributed by atoms with Gasteiger partial charge in [-0.1, -0.05) is 13.8 Å². The average molecular weight is 287 g/mol. The van der Waals surface area contributed by atoms with E-state index in [1.54, 1.807) is 18.3 Å². The van der Waals surface area contributed by atoms with Gasteiger partial charge in [0.15, 0.2) is 0 Å². The molecule has 0 saturated carbocycles. The van der Waals surface area contributed by atoms with Crippen LogP contribution >= 0.6 is 0 Å². The van der Waals surface area contributed by atoms with Gasteiger partial charge in [-0.2, -0.15) is 10.4 Å². The molecule has 0 saturated heterocycles. The van der Waals surface area contributed by atoms with Crippen LogP contribution in [0.2, 0.25) is 0 Å². The molecule has 0 bridgehead atoms. The SMILES string of the molecule is CCN(CC)CCn1cc(NCc2ccc(C#N)o2)cn1. The first kappa shape index (κ1) is 15.1. The van der Waals surface area contributed by atoms with Gasteiger partial charge in [0.1, 0.15) is 11.8 Å². The minimum Gasteiger partial charge on any atom is -0.449 e. The number of hydrogen-bond acceptors (Lipinski definition) is 5. The molecule has 6 heteroatoms. The zero-order chi connectivity index (χ0) is 15.1. The van der Waals surface area contributed by atoms with E-state index in [-0.39, 0.29) is 0 Å². The fraction of sp³-hybridized carbons (Fsp3) is 0.467. The summed E-state index contributed by atoms with van der Waals surface area (Å²) >= 11 is 0. The van der Waals surface area contributed by atoms with Gasteiger partial charge in [-0.25, -0.2) is 0 Å². The summed E-state index contributed by atoms with van der Waals surface area (Å²) in [5, 5.41) is 16.3. The fourth-order valence-corrected chi connectivity index (χ4v) is 2.08. The molecular formula is C15H21N5O. The number of nitrogens with zero attached hydrogens (tertiary/aromatic N) is 4. The molecule has 21 heavy (non-hydrogen) atoms. The van der Waals surface area contributed by atoms with Crippen LogP contribution in [0.1, 0.15) is 25.4 Å². The minimum absolute atomic E-state index is 0.335. The molecule has 2 rings (SSSR count). The van der Waals surface area contributed by atoms with E-state index in [4.69, 9.17) is 9.68 Å². The highest BCUT2D eigenvalue weighted by atomic mass is 16.3. The van der Waals surface area contributed by atoms with E-state index >= 15 is 0 Å². The van der Waals surface area contributed by atoms with Crippen molar-refractivity contribution in [1.82, 2.24) is 14.7 Å². The number of nitriles is 1. The summed E-state index contributed by atoms with van der Waals surface area (Å²) in [5.41, 5.74) is 0.949. The van der Waals surface area contributed by atoms with Crippen molar-refractivity contribution >= 4 is 5.69 Å². The van der Waals surface area contributed by atoms with Crippen molar-refractivity contribution in [3.05, 3.63) is 36.0 Å². The Balaban J connectivity index is 1.81. The largest absolute Gasteiger partial charge is 0.449 e. The van der Waals surface area contributed by atoms with Crippen LogP contribution in [0.25, 0.3) is 0 Å². The van der Waals surface area contributed by atoms with E-state index in [1.807, 2.05) is 16.9 Å². The number of nitrogens with one attached hydrogen (secondary N) is 1. The molecule has 0 atom stereocenters. The molecule has 0 aromatic carbocycles. The number of rotatable bonds is 8. The second-order valence-corrected chi connectivity index (χ2v) is 4.75. The summed E-state index contributed by atoms with van der Waals surface area (Å²) < 4.78 is 7.25. The first-order chi connectivity index (χ1) is 10.2. The third-order valence-electron chi connectivity index (χ3n) is 3.41. The van der Waals surface area contributed by atoms with E-state index in [1.165, 1.54) is 0 Å². The van der Waals surface area contributed by atoms with Crippen molar-refractivity contribution in [1.29, 1.82) is 5.26 Å². The van der Waals surface area contributed by atoms with E-state index < -0.39 is 0 Å². The molecule has 0 fully saturated rings. The maximum Gasteiger partial charge on any atom is 0.203 e. The third kappa shape index (κ3) is 4.36. The topological polar surface area (TPSA) is 70.0 Å². The predicted octanol–water partition coefficient (Wildman–Crippen LogP) is 2.30. The van der Waals surface area contributed by atoms with Gasteiger partial charge in [-0.05, 0) is 25.2 Å². The predicted molar refractivity (Wildman–Crippen MR) is 80.8 cm³/mol. The van der Waals surface area contributed by atoms with Crippen LogP contribution in [0.5, 0.6) is 0 Å². The van der Waals surface area contributed by atoms with Crippen LogP contribution in [-0.2, 0) is 13.1 Å². The Morgan fingerprint density at radius 2 is 2.19 bits per heavy atom. The lowest BCUT2D eigenvalue weighted by atomic mass is 10.4. The summed E-state index contributed by atoms with van der Waals surface area (Å²) in [6.45, 7) is 8.87. The van der Waals surface area contributed by atoms with Crippen molar-refractivity contribution < 1.29 is 4.42 Å². The van der Waals surface area contributed by atoms with Crippen molar-refractivity contribution in [2.24, 2.45) is 0 Å². The van der Waals surface area contributed by atoms with Crippen molar-refractivity contribution in [2.45, 2.75) is 26.9 Å². The zero-order valence-electron chi connectivity index (χ0n) is 12.5. The lowest BCUT2D eigenvalue weighted by molar-refractivity contribution is 0.285.